The predicted molar refractivity (Wildman–Crippen MR) is 112 cm³/mol. The Morgan fingerprint density at radius 3 is 2.44 bits per heavy atom. The number of hydrogen-bond donors (Lipinski definition) is 1. The summed E-state index contributed by atoms with van der Waals surface area (Å²) in [5, 5.41) is 2.90. The first-order valence-electron chi connectivity index (χ1n) is 9.37. The maximum Gasteiger partial charge on any atom is 0.247 e. The Hall–Kier alpha value is -1.34. The molecule has 1 aromatic rings. The van der Waals surface area contributed by atoms with Gasteiger partial charge in [0.2, 0.25) is 17.7 Å². The van der Waals surface area contributed by atoms with Crippen LogP contribution in [-0.2, 0) is 14.4 Å². The summed E-state index contributed by atoms with van der Waals surface area (Å²) in [5.74, 6) is -0.345. The molecule has 3 atom stereocenters. The maximum atomic E-state index is 13.0. The van der Waals surface area contributed by atoms with Gasteiger partial charge in [0.1, 0.15) is 6.04 Å². The number of imide groups is 1. The molecule has 7 heteroatoms. The number of benzene rings is 1. The third-order valence-corrected chi connectivity index (χ3v) is 7.04. The standard InChI is InChI=1S/C20H25BrN2O3S/c1-12-11-13(7-8-16(12)21)22-18(24)17(9-10-27-2)23-19(25)14-5-3-4-6-15(14)20(23)26/h7-8,11,14-15,17H,3-6,9-10H2,1-2H3,(H,22,24). The van der Waals surface area contributed by atoms with Crippen LogP contribution in [0.5, 0.6) is 0 Å². The fourth-order valence-corrected chi connectivity index (χ4v) is 4.76. The van der Waals surface area contributed by atoms with Crippen LogP contribution in [0.25, 0.3) is 0 Å². The van der Waals surface area contributed by atoms with Crippen LogP contribution in [0.2, 0.25) is 0 Å². The molecule has 1 saturated heterocycles. The van der Waals surface area contributed by atoms with E-state index in [9.17, 15) is 14.4 Å². The number of anilines is 1. The molecule has 1 aliphatic heterocycles. The molecule has 0 radical (unpaired) electrons. The van der Waals surface area contributed by atoms with Gasteiger partial charge in [0.25, 0.3) is 0 Å². The van der Waals surface area contributed by atoms with E-state index in [-0.39, 0.29) is 29.6 Å². The molecule has 1 aromatic carbocycles. The van der Waals surface area contributed by atoms with Gasteiger partial charge in [-0.15, -0.1) is 0 Å². The van der Waals surface area contributed by atoms with Crippen molar-refractivity contribution in [3.63, 3.8) is 0 Å². The van der Waals surface area contributed by atoms with Gasteiger partial charge in [-0.05, 0) is 62.0 Å². The van der Waals surface area contributed by atoms with E-state index in [1.807, 2.05) is 31.4 Å². The first-order chi connectivity index (χ1) is 12.9. The zero-order chi connectivity index (χ0) is 19.6. The van der Waals surface area contributed by atoms with Gasteiger partial charge in [0.05, 0.1) is 11.8 Å². The van der Waals surface area contributed by atoms with Crippen LogP contribution in [0.1, 0.15) is 37.7 Å². The number of hydrogen-bond acceptors (Lipinski definition) is 4. The number of carbonyl (C=O) groups excluding carboxylic acids is 3. The lowest BCUT2D eigenvalue weighted by atomic mass is 9.81. The van der Waals surface area contributed by atoms with E-state index in [0.717, 1.165) is 35.7 Å². The minimum Gasteiger partial charge on any atom is -0.324 e. The molecule has 146 valence electrons. The summed E-state index contributed by atoms with van der Waals surface area (Å²) in [6, 6.07) is 4.82. The third kappa shape index (κ3) is 4.24. The minimum atomic E-state index is -0.744. The quantitative estimate of drug-likeness (QED) is 0.662. The van der Waals surface area contributed by atoms with Gasteiger partial charge in [-0.3, -0.25) is 19.3 Å². The summed E-state index contributed by atoms with van der Waals surface area (Å²) < 4.78 is 0.966. The van der Waals surface area contributed by atoms with Crippen molar-refractivity contribution < 1.29 is 14.4 Å². The monoisotopic (exact) mass is 452 g/mol. The van der Waals surface area contributed by atoms with Gasteiger partial charge < -0.3 is 5.32 Å². The molecule has 5 nitrogen and oxygen atoms in total. The van der Waals surface area contributed by atoms with Gasteiger partial charge in [-0.2, -0.15) is 11.8 Å². The normalized spacial score (nSPS) is 23.3. The Bertz CT molecular complexity index is 731. The molecule has 2 fully saturated rings. The van der Waals surface area contributed by atoms with Crippen LogP contribution in [0.15, 0.2) is 22.7 Å². The fourth-order valence-electron chi connectivity index (χ4n) is 4.05. The number of carbonyl (C=O) groups is 3. The first kappa shape index (κ1) is 20.4. The second kappa shape index (κ2) is 8.78. The van der Waals surface area contributed by atoms with E-state index in [0.29, 0.717) is 17.9 Å². The van der Waals surface area contributed by atoms with Crippen molar-refractivity contribution in [2.45, 2.75) is 45.1 Å². The number of halogens is 1. The van der Waals surface area contributed by atoms with E-state index in [1.165, 1.54) is 4.90 Å². The Kier molecular flexibility index (Phi) is 6.63. The van der Waals surface area contributed by atoms with Crippen LogP contribution in [0.4, 0.5) is 5.69 Å². The SMILES string of the molecule is CSCCC(C(=O)Nc1ccc(Br)c(C)c1)N1C(=O)C2CCCCC2C1=O. The minimum absolute atomic E-state index is 0.155. The average Bonchev–Trinajstić information content (AvgIpc) is 2.90. The second-order valence-electron chi connectivity index (χ2n) is 7.29. The summed E-state index contributed by atoms with van der Waals surface area (Å²) in [6.07, 6.45) is 5.91. The van der Waals surface area contributed by atoms with Gasteiger partial charge in [-0.25, -0.2) is 0 Å². The lowest BCUT2D eigenvalue weighted by molar-refractivity contribution is -0.146. The summed E-state index contributed by atoms with van der Waals surface area (Å²) in [5.41, 5.74) is 1.68. The number of aryl methyl sites for hydroxylation is 1. The molecule has 1 aliphatic carbocycles. The Labute approximate surface area is 172 Å². The topological polar surface area (TPSA) is 66.5 Å². The molecule has 0 bridgehead atoms. The predicted octanol–water partition coefficient (Wildman–Crippen LogP) is 3.99. The van der Waals surface area contributed by atoms with Crippen molar-refractivity contribution in [2.24, 2.45) is 11.8 Å². The molecule has 1 saturated carbocycles. The van der Waals surface area contributed by atoms with Crippen LogP contribution in [0.3, 0.4) is 0 Å². The van der Waals surface area contributed by atoms with E-state index in [1.54, 1.807) is 11.8 Å². The van der Waals surface area contributed by atoms with Crippen LogP contribution < -0.4 is 5.32 Å². The largest absolute Gasteiger partial charge is 0.324 e. The molecule has 2 aliphatic rings. The summed E-state index contributed by atoms with van der Waals surface area (Å²) in [6.45, 7) is 1.95. The number of nitrogens with zero attached hydrogens (tertiary/aromatic N) is 1. The smallest absolute Gasteiger partial charge is 0.247 e. The zero-order valence-electron chi connectivity index (χ0n) is 15.7. The Morgan fingerprint density at radius 1 is 1.26 bits per heavy atom. The number of rotatable bonds is 6. The Morgan fingerprint density at radius 2 is 1.89 bits per heavy atom. The van der Waals surface area contributed by atoms with Gasteiger partial charge in [0.15, 0.2) is 0 Å². The molecule has 1 heterocycles. The van der Waals surface area contributed by atoms with Crippen molar-refractivity contribution in [2.75, 3.05) is 17.3 Å². The lowest BCUT2D eigenvalue weighted by Gasteiger charge is -2.26. The number of amides is 3. The molecule has 3 unspecified atom stereocenters. The molecule has 1 N–H and O–H groups in total. The average molecular weight is 453 g/mol. The third-order valence-electron chi connectivity index (χ3n) is 5.51. The van der Waals surface area contributed by atoms with Gasteiger partial charge >= 0.3 is 0 Å². The number of likely N-dealkylation sites (tertiary alicyclic amines) is 1. The fraction of sp³-hybridized carbons (Fsp3) is 0.550. The molecule has 0 aromatic heterocycles. The maximum absolute atomic E-state index is 13.0. The number of thioether (sulfide) groups is 1. The van der Waals surface area contributed by atoms with Crippen LogP contribution in [0, 0.1) is 18.8 Å². The molecule has 3 rings (SSSR count). The van der Waals surface area contributed by atoms with Crippen molar-refractivity contribution >= 4 is 51.1 Å². The van der Waals surface area contributed by atoms with Crippen molar-refractivity contribution in [3.8, 4) is 0 Å². The molecule has 0 spiro atoms. The van der Waals surface area contributed by atoms with Crippen molar-refractivity contribution in [1.82, 2.24) is 4.90 Å². The van der Waals surface area contributed by atoms with Gasteiger partial charge in [0, 0.05) is 10.2 Å². The highest BCUT2D eigenvalue weighted by Crippen LogP contribution is 2.39. The van der Waals surface area contributed by atoms with E-state index >= 15 is 0 Å². The summed E-state index contributed by atoms with van der Waals surface area (Å²) in [7, 11) is 0. The molecular weight excluding hydrogens is 428 g/mol. The Balaban J connectivity index is 1.82. The zero-order valence-corrected chi connectivity index (χ0v) is 18.1. The van der Waals surface area contributed by atoms with Gasteiger partial charge in [-0.1, -0.05) is 28.8 Å². The number of nitrogens with one attached hydrogen (secondary N) is 1. The van der Waals surface area contributed by atoms with Crippen LogP contribution >= 0.6 is 27.7 Å². The molecule has 3 amide bonds. The number of fused-ring (bicyclic) bond motifs is 1. The highest BCUT2D eigenvalue weighted by Gasteiger charge is 2.51. The summed E-state index contributed by atoms with van der Waals surface area (Å²) >= 11 is 5.06. The highest BCUT2D eigenvalue weighted by molar-refractivity contribution is 9.10. The summed E-state index contributed by atoms with van der Waals surface area (Å²) in [4.78, 5) is 40.1. The highest BCUT2D eigenvalue weighted by atomic mass is 79.9. The van der Waals surface area contributed by atoms with E-state index in [4.69, 9.17) is 0 Å². The molecule has 27 heavy (non-hydrogen) atoms. The first-order valence-corrected chi connectivity index (χ1v) is 11.6. The van der Waals surface area contributed by atoms with Crippen molar-refractivity contribution in [1.29, 1.82) is 0 Å². The van der Waals surface area contributed by atoms with Crippen LogP contribution in [-0.4, -0.2) is 40.7 Å². The molecular formula is C20H25BrN2O3S. The lowest BCUT2D eigenvalue weighted by Crippen LogP contribution is -2.48. The van der Waals surface area contributed by atoms with E-state index < -0.39 is 6.04 Å². The second-order valence-corrected chi connectivity index (χ2v) is 9.13. The van der Waals surface area contributed by atoms with E-state index in [2.05, 4.69) is 21.2 Å². The van der Waals surface area contributed by atoms with Crippen molar-refractivity contribution in [3.05, 3.63) is 28.2 Å².